The van der Waals surface area contributed by atoms with Crippen LogP contribution in [0.1, 0.15) is 33.1 Å². The van der Waals surface area contributed by atoms with Crippen LogP contribution < -0.4 is 10.6 Å². The number of aromatic nitrogens is 5. The van der Waals surface area contributed by atoms with Crippen molar-refractivity contribution in [2.24, 2.45) is 7.05 Å². The highest BCUT2D eigenvalue weighted by atomic mass is 16.1. The number of hydrogen-bond donors (Lipinski definition) is 3. The topological polar surface area (TPSA) is 101 Å². The van der Waals surface area contributed by atoms with Gasteiger partial charge in [0.25, 0.3) is 5.91 Å². The van der Waals surface area contributed by atoms with Crippen LogP contribution in [0.4, 0.5) is 11.4 Å². The predicted octanol–water partition coefficient (Wildman–Crippen LogP) is 4.84. The minimum absolute atomic E-state index is 0.170. The number of fused-ring (bicyclic) bond motifs is 1. The number of para-hydroxylation sites is 1. The lowest BCUT2D eigenvalue weighted by Crippen LogP contribution is -2.25. The van der Waals surface area contributed by atoms with Crippen LogP contribution in [0.25, 0.3) is 23.1 Å². The molecular weight excluding hydrogens is 438 g/mol. The van der Waals surface area contributed by atoms with E-state index in [1.807, 2.05) is 85.4 Å². The number of pyridine rings is 1. The standard InChI is InChI=1S/C27H25N7O/c1-18-11-12-28-19(15-18)8-10-24-21-9-7-20(16-25(21)33-32-24)31-23-6-4-3-5-22(23)27(35)30-17-26-29-13-14-34(26)2/h3-16,31H,17H2,1-2H3,(H,30,35)(H,32,33)/b10-8+. The molecule has 3 aromatic heterocycles. The van der Waals surface area contributed by atoms with E-state index in [1.165, 1.54) is 0 Å². The van der Waals surface area contributed by atoms with Crippen LogP contribution in [-0.2, 0) is 13.6 Å². The van der Waals surface area contributed by atoms with E-state index < -0.39 is 0 Å². The lowest BCUT2D eigenvalue weighted by atomic mass is 10.1. The lowest BCUT2D eigenvalue weighted by Gasteiger charge is -2.12. The van der Waals surface area contributed by atoms with Gasteiger partial charge in [-0.25, -0.2) is 4.98 Å². The Morgan fingerprint density at radius 1 is 1.06 bits per heavy atom. The summed E-state index contributed by atoms with van der Waals surface area (Å²) in [4.78, 5) is 21.5. The van der Waals surface area contributed by atoms with Crippen LogP contribution >= 0.6 is 0 Å². The van der Waals surface area contributed by atoms with Crippen molar-refractivity contribution in [1.82, 2.24) is 30.0 Å². The van der Waals surface area contributed by atoms with Gasteiger partial charge in [0.15, 0.2) is 0 Å². The molecule has 0 aliphatic carbocycles. The zero-order chi connectivity index (χ0) is 24.2. The van der Waals surface area contributed by atoms with Crippen molar-refractivity contribution < 1.29 is 4.79 Å². The molecule has 8 heteroatoms. The van der Waals surface area contributed by atoms with Crippen LogP contribution in [0.5, 0.6) is 0 Å². The van der Waals surface area contributed by atoms with Crippen LogP contribution in [0, 0.1) is 6.92 Å². The Labute approximate surface area is 202 Å². The largest absolute Gasteiger partial charge is 0.355 e. The molecule has 0 spiro atoms. The third-order valence-corrected chi connectivity index (χ3v) is 5.72. The predicted molar refractivity (Wildman–Crippen MR) is 138 cm³/mol. The first-order chi connectivity index (χ1) is 17.1. The van der Waals surface area contributed by atoms with E-state index in [2.05, 4.69) is 30.8 Å². The summed E-state index contributed by atoms with van der Waals surface area (Å²) in [7, 11) is 1.90. The van der Waals surface area contributed by atoms with Crippen molar-refractivity contribution in [2.45, 2.75) is 13.5 Å². The highest BCUT2D eigenvalue weighted by Crippen LogP contribution is 2.26. The zero-order valence-corrected chi connectivity index (χ0v) is 19.5. The first-order valence-electron chi connectivity index (χ1n) is 11.3. The maximum atomic E-state index is 12.9. The van der Waals surface area contributed by atoms with Gasteiger partial charge in [0.1, 0.15) is 5.82 Å². The fourth-order valence-electron chi connectivity index (χ4n) is 3.83. The Kier molecular flexibility index (Phi) is 6.09. The number of imidazole rings is 1. The summed E-state index contributed by atoms with van der Waals surface area (Å²) in [5, 5.41) is 14.8. The van der Waals surface area contributed by atoms with Crippen molar-refractivity contribution in [3.05, 3.63) is 102 Å². The number of nitrogens with zero attached hydrogens (tertiary/aromatic N) is 4. The Balaban J connectivity index is 1.33. The molecule has 2 aromatic carbocycles. The molecule has 0 fully saturated rings. The number of rotatable bonds is 7. The van der Waals surface area contributed by atoms with Crippen LogP contribution in [0.2, 0.25) is 0 Å². The molecule has 0 bridgehead atoms. The number of carbonyl (C=O) groups excluding carboxylic acids is 1. The van der Waals surface area contributed by atoms with Gasteiger partial charge in [-0.1, -0.05) is 12.1 Å². The molecule has 0 aliphatic heterocycles. The molecule has 35 heavy (non-hydrogen) atoms. The van der Waals surface area contributed by atoms with Gasteiger partial charge in [0.05, 0.1) is 34.7 Å². The molecule has 0 unspecified atom stereocenters. The Hall–Kier alpha value is -4.72. The number of benzene rings is 2. The van der Waals surface area contributed by atoms with Crippen molar-refractivity contribution in [2.75, 3.05) is 5.32 Å². The molecule has 0 saturated carbocycles. The lowest BCUT2D eigenvalue weighted by molar-refractivity contribution is 0.0950. The second-order valence-corrected chi connectivity index (χ2v) is 8.27. The third-order valence-electron chi connectivity index (χ3n) is 5.72. The first-order valence-corrected chi connectivity index (χ1v) is 11.3. The number of anilines is 2. The van der Waals surface area contributed by atoms with Gasteiger partial charge in [-0.15, -0.1) is 0 Å². The van der Waals surface area contributed by atoms with Crippen molar-refractivity contribution >= 4 is 40.3 Å². The van der Waals surface area contributed by atoms with E-state index in [-0.39, 0.29) is 5.91 Å². The second kappa shape index (κ2) is 9.64. The molecule has 5 rings (SSSR count). The normalized spacial score (nSPS) is 11.3. The molecule has 0 aliphatic rings. The van der Waals surface area contributed by atoms with Gasteiger partial charge in [0, 0.05) is 36.7 Å². The fraction of sp³-hybridized carbons (Fsp3) is 0.111. The summed E-state index contributed by atoms with van der Waals surface area (Å²) in [5.41, 5.74) is 5.90. The molecule has 0 radical (unpaired) electrons. The quantitative estimate of drug-likeness (QED) is 0.321. The molecule has 0 saturated heterocycles. The summed E-state index contributed by atoms with van der Waals surface area (Å²) in [6.45, 7) is 2.39. The van der Waals surface area contributed by atoms with E-state index in [0.29, 0.717) is 17.8 Å². The molecule has 3 N–H and O–H groups in total. The smallest absolute Gasteiger partial charge is 0.253 e. The number of nitrogens with one attached hydrogen (secondary N) is 3. The van der Waals surface area contributed by atoms with Crippen LogP contribution in [0.15, 0.2) is 73.2 Å². The average molecular weight is 464 g/mol. The molecule has 8 nitrogen and oxygen atoms in total. The molecule has 0 atom stereocenters. The average Bonchev–Trinajstić information content (AvgIpc) is 3.47. The summed E-state index contributed by atoms with van der Waals surface area (Å²) < 4.78 is 1.88. The first kappa shape index (κ1) is 22.1. The van der Waals surface area contributed by atoms with E-state index in [9.17, 15) is 4.79 Å². The Morgan fingerprint density at radius 2 is 1.94 bits per heavy atom. The minimum Gasteiger partial charge on any atom is -0.355 e. The SMILES string of the molecule is Cc1ccnc(/C=C/c2n[nH]c3cc(Nc4ccccc4C(=O)NCc4nccn4C)ccc23)c1. The zero-order valence-electron chi connectivity index (χ0n) is 19.5. The number of aryl methyl sites for hydroxylation is 2. The minimum atomic E-state index is -0.170. The molecule has 1 amide bonds. The Morgan fingerprint density at radius 3 is 2.77 bits per heavy atom. The van der Waals surface area contributed by atoms with Gasteiger partial charge in [-0.3, -0.25) is 14.9 Å². The number of hydrogen-bond acceptors (Lipinski definition) is 5. The van der Waals surface area contributed by atoms with Gasteiger partial charge in [-0.05, 0) is 67.1 Å². The molecule has 174 valence electrons. The van der Waals surface area contributed by atoms with Crippen molar-refractivity contribution in [3.63, 3.8) is 0 Å². The van der Waals surface area contributed by atoms with Gasteiger partial charge >= 0.3 is 0 Å². The van der Waals surface area contributed by atoms with E-state index >= 15 is 0 Å². The molecule has 3 heterocycles. The number of aromatic amines is 1. The molecular formula is C27H25N7O. The van der Waals surface area contributed by atoms with Gasteiger partial charge < -0.3 is 15.2 Å². The van der Waals surface area contributed by atoms with Crippen LogP contribution in [0.3, 0.4) is 0 Å². The van der Waals surface area contributed by atoms with Crippen LogP contribution in [-0.4, -0.2) is 30.6 Å². The van der Waals surface area contributed by atoms with Gasteiger partial charge in [-0.2, -0.15) is 5.10 Å². The second-order valence-electron chi connectivity index (χ2n) is 8.27. The maximum absolute atomic E-state index is 12.9. The van der Waals surface area contributed by atoms with E-state index in [0.717, 1.165) is 39.4 Å². The monoisotopic (exact) mass is 463 g/mol. The number of H-pyrrole nitrogens is 1. The highest BCUT2D eigenvalue weighted by molar-refractivity contribution is 6.00. The van der Waals surface area contributed by atoms with E-state index in [1.54, 1.807) is 18.5 Å². The van der Waals surface area contributed by atoms with Gasteiger partial charge in [0.2, 0.25) is 0 Å². The highest BCUT2D eigenvalue weighted by Gasteiger charge is 2.13. The van der Waals surface area contributed by atoms with E-state index in [4.69, 9.17) is 0 Å². The van der Waals surface area contributed by atoms with Crippen molar-refractivity contribution in [3.8, 4) is 0 Å². The Bertz CT molecular complexity index is 1530. The molecule has 5 aromatic rings. The number of carbonyl (C=O) groups is 1. The maximum Gasteiger partial charge on any atom is 0.253 e. The third kappa shape index (κ3) is 4.96. The van der Waals surface area contributed by atoms with Crippen molar-refractivity contribution in [1.29, 1.82) is 0 Å². The fourth-order valence-corrected chi connectivity index (χ4v) is 3.83. The summed E-state index contributed by atoms with van der Waals surface area (Å²) in [5.74, 6) is 0.618. The summed E-state index contributed by atoms with van der Waals surface area (Å²) >= 11 is 0. The number of amides is 1. The summed E-state index contributed by atoms with van der Waals surface area (Å²) in [6, 6.07) is 17.4. The summed E-state index contributed by atoms with van der Waals surface area (Å²) in [6.07, 6.45) is 9.27.